The number of rotatable bonds is 12. The van der Waals surface area contributed by atoms with Crippen LogP contribution in [0, 0.1) is 0 Å². The molecule has 1 aliphatic carbocycles. The molecule has 2 unspecified atom stereocenters. The molecule has 0 bridgehead atoms. The number of nitrogens with two attached hydrogens (primary N) is 1. The van der Waals surface area contributed by atoms with Crippen molar-refractivity contribution in [2.24, 2.45) is 0 Å². The lowest BCUT2D eigenvalue weighted by atomic mass is 9.91. The van der Waals surface area contributed by atoms with Crippen LogP contribution >= 0.6 is 8.30 Å². The topological polar surface area (TPSA) is 82.8 Å². The fraction of sp³-hybridized carbons (Fsp3) is 0.345. The minimum atomic E-state index is -1.27. The zero-order valence-electron chi connectivity index (χ0n) is 21.1. The summed E-state index contributed by atoms with van der Waals surface area (Å²) < 4.78 is 17.8. The van der Waals surface area contributed by atoms with E-state index >= 15 is 0 Å². The van der Waals surface area contributed by atoms with Crippen LogP contribution in [0.3, 0.4) is 0 Å². The second kappa shape index (κ2) is 12.4. The van der Waals surface area contributed by atoms with Gasteiger partial charge in [-0.3, -0.25) is 4.79 Å². The number of hydrogen-bond donors (Lipinski definition) is 2. The Kier molecular flexibility index (Phi) is 8.98. The molecule has 0 heterocycles. The Morgan fingerprint density at radius 2 is 1.72 bits per heavy atom. The largest absolute Gasteiger partial charge is 0.465 e. The van der Waals surface area contributed by atoms with Crippen molar-refractivity contribution in [3.63, 3.8) is 0 Å². The van der Waals surface area contributed by atoms with Gasteiger partial charge in [0.25, 0.3) is 0 Å². The summed E-state index contributed by atoms with van der Waals surface area (Å²) in [7, 11) is -1.27. The number of fused-ring (bicyclic) bond motifs is 3. The van der Waals surface area contributed by atoms with Crippen LogP contribution < -0.4 is 15.3 Å². The normalized spacial score (nSPS) is 16.5. The summed E-state index contributed by atoms with van der Waals surface area (Å²) in [5, 5.41) is 3.29. The van der Waals surface area contributed by atoms with E-state index in [9.17, 15) is 4.79 Å². The Hall–Kier alpha value is -2.92. The third-order valence-electron chi connectivity index (χ3n) is 6.22. The van der Waals surface area contributed by atoms with Gasteiger partial charge >= 0.3 is 5.97 Å². The van der Waals surface area contributed by atoms with E-state index in [0.717, 1.165) is 24.3 Å². The van der Waals surface area contributed by atoms with Crippen molar-refractivity contribution in [3.8, 4) is 16.9 Å². The molecule has 3 N–H and O–H groups in total. The van der Waals surface area contributed by atoms with E-state index in [2.05, 4.69) is 48.4 Å². The second-order valence-corrected chi connectivity index (χ2v) is 10.6. The first-order valence-corrected chi connectivity index (χ1v) is 13.9. The van der Waals surface area contributed by atoms with E-state index in [-0.39, 0.29) is 18.0 Å². The van der Waals surface area contributed by atoms with Crippen molar-refractivity contribution in [1.82, 2.24) is 5.09 Å². The Labute approximate surface area is 215 Å². The monoisotopic (exact) mass is 506 g/mol. The highest BCUT2D eigenvalue weighted by Crippen LogP contribution is 2.47. The maximum absolute atomic E-state index is 12.3. The number of esters is 1. The molecule has 0 aliphatic heterocycles. The molecule has 6 nitrogen and oxygen atoms in total. The Morgan fingerprint density at radius 3 is 2.50 bits per heavy atom. The first kappa shape index (κ1) is 26.2. The highest BCUT2D eigenvalue weighted by Gasteiger charge is 2.30. The van der Waals surface area contributed by atoms with Crippen molar-refractivity contribution in [2.75, 3.05) is 18.7 Å². The van der Waals surface area contributed by atoms with Crippen molar-refractivity contribution >= 4 is 20.0 Å². The Morgan fingerprint density at radius 1 is 1.00 bits per heavy atom. The van der Waals surface area contributed by atoms with Crippen LogP contribution in [-0.4, -0.2) is 31.1 Å². The molecule has 3 aromatic rings. The molecule has 0 saturated carbocycles. The molecule has 0 radical (unpaired) electrons. The van der Waals surface area contributed by atoms with Gasteiger partial charge in [-0.1, -0.05) is 55.5 Å². The average Bonchev–Trinajstić information content (AvgIpc) is 3.19. The van der Waals surface area contributed by atoms with Gasteiger partial charge in [0.15, 0.2) is 8.30 Å². The number of nitrogens with one attached hydrogen (secondary N) is 1. The van der Waals surface area contributed by atoms with Gasteiger partial charge in [-0.25, -0.2) is 5.09 Å². The molecule has 0 spiro atoms. The first-order valence-electron chi connectivity index (χ1n) is 12.5. The standard InChI is InChI=1S/C29H35N2O4P/c1-4-16-33-29(32)21(3)31-36(35-23-10-6-5-7-11-23)19-34-20(2)17-27-24-12-8-9-13-25(24)28-18-22(30)14-15-26(27)28/h5-15,18,20-21,27,31H,4,16-17,19,30H2,1-3H3/t20-,21+,27?,36?/m1/s1. The second-order valence-electron chi connectivity index (χ2n) is 9.13. The van der Waals surface area contributed by atoms with Crippen LogP contribution in [0.25, 0.3) is 11.1 Å². The fourth-order valence-electron chi connectivity index (χ4n) is 4.47. The molecular weight excluding hydrogens is 471 g/mol. The van der Waals surface area contributed by atoms with Crippen molar-refractivity contribution in [1.29, 1.82) is 0 Å². The number of anilines is 1. The van der Waals surface area contributed by atoms with Gasteiger partial charge in [-0.05, 0) is 73.2 Å². The molecule has 0 fully saturated rings. The lowest BCUT2D eigenvalue weighted by Gasteiger charge is -2.25. The van der Waals surface area contributed by atoms with E-state index < -0.39 is 14.3 Å². The zero-order chi connectivity index (χ0) is 25.5. The number of benzene rings is 3. The van der Waals surface area contributed by atoms with Crippen LogP contribution in [0.1, 0.15) is 50.7 Å². The third-order valence-corrected chi connectivity index (χ3v) is 7.71. The maximum Gasteiger partial charge on any atom is 0.323 e. The van der Waals surface area contributed by atoms with Crippen molar-refractivity contribution in [2.45, 2.75) is 51.7 Å². The summed E-state index contributed by atoms with van der Waals surface area (Å²) in [6.45, 7) is 6.27. The summed E-state index contributed by atoms with van der Waals surface area (Å²) in [6, 6.07) is 23.8. The van der Waals surface area contributed by atoms with Gasteiger partial charge in [-0.15, -0.1) is 0 Å². The molecule has 36 heavy (non-hydrogen) atoms. The third kappa shape index (κ3) is 6.44. The number of carbonyl (C=O) groups is 1. The van der Waals surface area contributed by atoms with Gasteiger partial charge in [-0.2, -0.15) is 0 Å². The molecule has 1 aliphatic rings. The summed E-state index contributed by atoms with van der Waals surface area (Å²) in [6.07, 6.45) is 1.94. The highest BCUT2D eigenvalue weighted by atomic mass is 31.2. The van der Waals surface area contributed by atoms with Crippen LogP contribution in [0.5, 0.6) is 5.75 Å². The predicted octanol–water partition coefficient (Wildman–Crippen LogP) is 6.46. The first-order chi connectivity index (χ1) is 17.5. The zero-order valence-corrected chi connectivity index (χ0v) is 22.0. The molecule has 7 heteroatoms. The average molecular weight is 507 g/mol. The predicted molar refractivity (Wildman–Crippen MR) is 146 cm³/mol. The molecule has 0 saturated heterocycles. The number of carbonyl (C=O) groups excluding carboxylic acids is 1. The molecular formula is C29H35N2O4P. The van der Waals surface area contributed by atoms with E-state index in [1.165, 1.54) is 22.3 Å². The molecule has 0 amide bonds. The summed E-state index contributed by atoms with van der Waals surface area (Å²) in [5.74, 6) is 0.689. The van der Waals surface area contributed by atoms with Crippen LogP contribution in [0.2, 0.25) is 0 Å². The van der Waals surface area contributed by atoms with E-state index in [1.807, 2.05) is 43.3 Å². The lowest BCUT2D eigenvalue weighted by Crippen LogP contribution is -2.34. The molecule has 3 aromatic carbocycles. The smallest absolute Gasteiger partial charge is 0.323 e. The van der Waals surface area contributed by atoms with Crippen molar-refractivity contribution < 1.29 is 18.8 Å². The molecule has 4 rings (SSSR count). The Balaban J connectivity index is 1.42. The van der Waals surface area contributed by atoms with Gasteiger partial charge < -0.3 is 19.7 Å². The minimum Gasteiger partial charge on any atom is -0.465 e. The summed E-state index contributed by atoms with van der Waals surface area (Å²) in [4.78, 5) is 12.3. The van der Waals surface area contributed by atoms with Crippen molar-refractivity contribution in [3.05, 3.63) is 83.9 Å². The van der Waals surface area contributed by atoms with Gasteiger partial charge in [0.1, 0.15) is 18.1 Å². The molecule has 4 atom stereocenters. The lowest BCUT2D eigenvalue weighted by molar-refractivity contribution is -0.145. The number of hydrogen-bond acceptors (Lipinski definition) is 6. The summed E-state index contributed by atoms with van der Waals surface area (Å²) >= 11 is 0. The maximum atomic E-state index is 12.3. The SMILES string of the molecule is CCCOC(=O)[C@H](C)NP(CO[C@H](C)CC1c2ccccc2-c2cc(N)ccc21)Oc1ccccc1. The quantitative estimate of drug-likeness (QED) is 0.167. The summed E-state index contributed by atoms with van der Waals surface area (Å²) in [5.41, 5.74) is 11.9. The Bertz CT molecular complexity index is 1160. The van der Waals surface area contributed by atoms with Gasteiger partial charge in [0.05, 0.1) is 12.7 Å². The van der Waals surface area contributed by atoms with Gasteiger partial charge in [0, 0.05) is 11.6 Å². The molecule has 0 aromatic heterocycles. The molecule has 190 valence electrons. The number of para-hydroxylation sites is 1. The van der Waals surface area contributed by atoms with Crippen LogP contribution in [0.15, 0.2) is 72.8 Å². The van der Waals surface area contributed by atoms with Crippen LogP contribution in [-0.2, 0) is 14.3 Å². The number of nitrogen functional groups attached to an aromatic ring is 1. The minimum absolute atomic E-state index is 0.0277. The van der Waals surface area contributed by atoms with Crippen LogP contribution in [0.4, 0.5) is 5.69 Å². The van der Waals surface area contributed by atoms with Gasteiger partial charge in [0.2, 0.25) is 0 Å². The number of ether oxygens (including phenoxy) is 2. The van der Waals surface area contributed by atoms with E-state index in [0.29, 0.717) is 13.0 Å². The fourth-order valence-corrected chi connectivity index (χ4v) is 5.95. The van der Waals surface area contributed by atoms with E-state index in [1.54, 1.807) is 6.92 Å². The highest BCUT2D eigenvalue weighted by molar-refractivity contribution is 7.50. The van der Waals surface area contributed by atoms with E-state index in [4.69, 9.17) is 19.7 Å².